The molecule has 0 aromatic carbocycles. The highest BCUT2D eigenvalue weighted by Gasteiger charge is 2.46. The molecule has 2 atom stereocenters. The standard InChI is InChI=1S/C25H52Si/c1-5-7-9-11-13-15-17-21-25(3)22-18-20-24-26(25,4)23-19-16-14-12-10-8-6-2/h5-24H2,1-4H3. The first-order valence-corrected chi connectivity index (χ1v) is 15.5. The molecular formula is C25H52Si. The Bertz CT molecular complexity index is 294. The van der Waals surface area contributed by atoms with Gasteiger partial charge in [-0.15, -0.1) is 0 Å². The lowest BCUT2D eigenvalue weighted by Crippen LogP contribution is -2.46. The lowest BCUT2D eigenvalue weighted by Gasteiger charge is -2.49. The molecule has 156 valence electrons. The zero-order chi connectivity index (χ0) is 19.1. The van der Waals surface area contributed by atoms with Crippen LogP contribution in [0.4, 0.5) is 0 Å². The van der Waals surface area contributed by atoms with Crippen molar-refractivity contribution in [2.75, 3.05) is 0 Å². The molecule has 2 unspecified atom stereocenters. The van der Waals surface area contributed by atoms with Gasteiger partial charge in [-0.05, 0) is 5.04 Å². The molecule has 0 nitrogen and oxygen atoms in total. The molecule has 1 saturated heterocycles. The van der Waals surface area contributed by atoms with Gasteiger partial charge in [0, 0.05) is 0 Å². The molecule has 1 aliphatic heterocycles. The molecule has 1 heteroatoms. The number of rotatable bonds is 16. The van der Waals surface area contributed by atoms with Gasteiger partial charge in [-0.2, -0.15) is 0 Å². The largest absolute Gasteiger partial charge is 0.0688 e. The second-order valence-electron chi connectivity index (χ2n) is 10.1. The Balaban J connectivity index is 2.28. The molecule has 0 aromatic rings. The fourth-order valence-electron chi connectivity index (χ4n) is 5.43. The van der Waals surface area contributed by atoms with Gasteiger partial charge in [-0.25, -0.2) is 0 Å². The van der Waals surface area contributed by atoms with Crippen molar-refractivity contribution < 1.29 is 0 Å². The van der Waals surface area contributed by atoms with E-state index < -0.39 is 8.07 Å². The summed E-state index contributed by atoms with van der Waals surface area (Å²) >= 11 is 0. The molecule has 0 radical (unpaired) electrons. The van der Waals surface area contributed by atoms with Crippen LogP contribution in [0.25, 0.3) is 0 Å². The van der Waals surface area contributed by atoms with Crippen LogP contribution in [-0.2, 0) is 0 Å². The van der Waals surface area contributed by atoms with Crippen LogP contribution in [0.15, 0.2) is 0 Å². The summed E-state index contributed by atoms with van der Waals surface area (Å²) in [6.45, 7) is 10.2. The molecule has 0 N–H and O–H groups in total. The third kappa shape index (κ3) is 8.94. The van der Waals surface area contributed by atoms with E-state index in [1.807, 2.05) is 0 Å². The molecule has 0 spiro atoms. The second kappa shape index (κ2) is 14.2. The van der Waals surface area contributed by atoms with Crippen LogP contribution in [0.2, 0.25) is 23.7 Å². The minimum atomic E-state index is -1.05. The van der Waals surface area contributed by atoms with E-state index in [1.165, 1.54) is 89.9 Å². The van der Waals surface area contributed by atoms with E-state index in [0.29, 0.717) is 0 Å². The predicted octanol–water partition coefficient (Wildman–Crippen LogP) is 9.90. The van der Waals surface area contributed by atoms with Crippen molar-refractivity contribution in [3.8, 4) is 0 Å². The minimum Gasteiger partial charge on any atom is -0.0688 e. The summed E-state index contributed by atoms with van der Waals surface area (Å²) in [7, 11) is -1.05. The fraction of sp³-hybridized carbons (Fsp3) is 1.00. The quantitative estimate of drug-likeness (QED) is 0.184. The summed E-state index contributed by atoms with van der Waals surface area (Å²) in [6.07, 6.45) is 26.8. The zero-order valence-electron chi connectivity index (χ0n) is 19.1. The van der Waals surface area contributed by atoms with Crippen molar-refractivity contribution in [3.63, 3.8) is 0 Å². The summed E-state index contributed by atoms with van der Waals surface area (Å²) in [5, 5.41) is 0.761. The first-order valence-electron chi connectivity index (χ1n) is 12.6. The topological polar surface area (TPSA) is 0 Å². The van der Waals surface area contributed by atoms with E-state index in [4.69, 9.17) is 0 Å². The minimum absolute atomic E-state index is 0.761. The summed E-state index contributed by atoms with van der Waals surface area (Å²) in [6, 6.07) is 3.27. The van der Waals surface area contributed by atoms with E-state index in [1.54, 1.807) is 37.8 Å². The maximum Gasteiger partial charge on any atom is 0.0564 e. The number of hydrogen-bond acceptors (Lipinski definition) is 0. The number of unbranched alkanes of at least 4 members (excludes halogenated alkanes) is 12. The Morgan fingerprint density at radius 1 is 0.654 bits per heavy atom. The molecule has 0 saturated carbocycles. The maximum absolute atomic E-state index is 2.80. The second-order valence-corrected chi connectivity index (χ2v) is 15.4. The van der Waals surface area contributed by atoms with Gasteiger partial charge in [-0.1, -0.05) is 155 Å². The van der Waals surface area contributed by atoms with Gasteiger partial charge in [-0.3, -0.25) is 0 Å². The molecule has 0 amide bonds. The lowest BCUT2D eigenvalue weighted by molar-refractivity contribution is 0.416. The monoisotopic (exact) mass is 380 g/mol. The Kier molecular flexibility index (Phi) is 13.3. The molecule has 0 aromatic heterocycles. The van der Waals surface area contributed by atoms with Crippen LogP contribution in [0.3, 0.4) is 0 Å². The highest BCUT2D eigenvalue weighted by atomic mass is 28.3. The van der Waals surface area contributed by atoms with Crippen LogP contribution >= 0.6 is 0 Å². The highest BCUT2D eigenvalue weighted by molar-refractivity contribution is 6.81. The highest BCUT2D eigenvalue weighted by Crippen LogP contribution is 2.55. The Labute approximate surface area is 168 Å². The average Bonchev–Trinajstić information content (AvgIpc) is 2.63. The van der Waals surface area contributed by atoms with Gasteiger partial charge in [0.1, 0.15) is 0 Å². The van der Waals surface area contributed by atoms with E-state index in [-0.39, 0.29) is 0 Å². The zero-order valence-corrected chi connectivity index (χ0v) is 20.1. The average molecular weight is 381 g/mol. The van der Waals surface area contributed by atoms with Crippen LogP contribution in [0, 0.1) is 0 Å². The third-order valence-electron chi connectivity index (χ3n) is 7.83. The van der Waals surface area contributed by atoms with Crippen LogP contribution in [0.1, 0.15) is 136 Å². The molecule has 26 heavy (non-hydrogen) atoms. The van der Waals surface area contributed by atoms with Gasteiger partial charge >= 0.3 is 0 Å². The summed E-state index contributed by atoms with van der Waals surface area (Å²) in [4.78, 5) is 0. The van der Waals surface area contributed by atoms with Crippen molar-refractivity contribution in [1.82, 2.24) is 0 Å². The van der Waals surface area contributed by atoms with E-state index in [2.05, 4.69) is 27.3 Å². The SMILES string of the molecule is CCCCCCCCCC1(C)CCCC[Si]1(C)CCCCCCCCC. The Morgan fingerprint density at radius 2 is 1.15 bits per heavy atom. The van der Waals surface area contributed by atoms with Gasteiger partial charge in [0.2, 0.25) is 0 Å². The van der Waals surface area contributed by atoms with E-state index >= 15 is 0 Å². The molecule has 0 bridgehead atoms. The van der Waals surface area contributed by atoms with Crippen molar-refractivity contribution >= 4 is 8.07 Å². The summed E-state index contributed by atoms with van der Waals surface area (Å²) in [5.41, 5.74) is 0. The molecule has 1 aliphatic rings. The van der Waals surface area contributed by atoms with Crippen LogP contribution < -0.4 is 0 Å². The van der Waals surface area contributed by atoms with Gasteiger partial charge in [0.25, 0.3) is 0 Å². The first-order chi connectivity index (χ1) is 12.6. The lowest BCUT2D eigenvalue weighted by atomic mass is 9.95. The fourth-order valence-corrected chi connectivity index (χ4v) is 10.5. The van der Waals surface area contributed by atoms with Crippen molar-refractivity contribution in [1.29, 1.82) is 0 Å². The maximum atomic E-state index is 2.80. The Hall–Kier alpha value is 0.217. The summed E-state index contributed by atoms with van der Waals surface area (Å²) in [5.74, 6) is 0. The van der Waals surface area contributed by atoms with E-state index in [0.717, 1.165) is 5.04 Å². The summed E-state index contributed by atoms with van der Waals surface area (Å²) < 4.78 is 0. The molecule has 1 rings (SSSR count). The third-order valence-corrected chi connectivity index (χ3v) is 14.2. The molecular weight excluding hydrogens is 328 g/mol. The van der Waals surface area contributed by atoms with Gasteiger partial charge in [0.15, 0.2) is 0 Å². The molecule has 0 aliphatic carbocycles. The van der Waals surface area contributed by atoms with Crippen molar-refractivity contribution in [2.45, 2.75) is 160 Å². The smallest absolute Gasteiger partial charge is 0.0564 e. The molecule has 1 fully saturated rings. The van der Waals surface area contributed by atoms with Crippen molar-refractivity contribution in [2.24, 2.45) is 0 Å². The van der Waals surface area contributed by atoms with Crippen LogP contribution in [-0.4, -0.2) is 8.07 Å². The first kappa shape index (κ1) is 24.3. The predicted molar refractivity (Wildman–Crippen MR) is 124 cm³/mol. The van der Waals surface area contributed by atoms with Crippen molar-refractivity contribution in [3.05, 3.63) is 0 Å². The number of hydrogen-bond donors (Lipinski definition) is 0. The Morgan fingerprint density at radius 3 is 1.73 bits per heavy atom. The van der Waals surface area contributed by atoms with Gasteiger partial charge < -0.3 is 0 Å². The molecule has 1 heterocycles. The van der Waals surface area contributed by atoms with E-state index in [9.17, 15) is 0 Å². The normalized spacial score (nSPS) is 26.3. The van der Waals surface area contributed by atoms with Crippen LogP contribution in [0.5, 0.6) is 0 Å². The van der Waals surface area contributed by atoms with Gasteiger partial charge in [0.05, 0.1) is 8.07 Å².